The predicted molar refractivity (Wildman–Crippen MR) is 94.3 cm³/mol. The molecule has 24 heavy (non-hydrogen) atoms. The maximum atomic E-state index is 12.4. The monoisotopic (exact) mass is 330 g/mol. The van der Waals surface area contributed by atoms with Gasteiger partial charge in [-0.15, -0.1) is 0 Å². The number of carbonyl (C=O) groups excluding carboxylic acids is 1. The minimum absolute atomic E-state index is 0.1000. The summed E-state index contributed by atoms with van der Waals surface area (Å²) in [5.74, 6) is 0.717. The van der Waals surface area contributed by atoms with Gasteiger partial charge in [-0.05, 0) is 45.6 Å². The standard InChI is InChI=1S/C18H26N4O2/c1-13-17(14(2)22(5)20-13)18(23)19-12-15-7-6-8-16(11-15)24-10-9-21(3)4/h6-8,11H,9-10,12H2,1-5H3,(H,19,23). The highest BCUT2D eigenvalue weighted by atomic mass is 16.5. The van der Waals surface area contributed by atoms with Gasteiger partial charge in [0, 0.05) is 25.8 Å². The van der Waals surface area contributed by atoms with Gasteiger partial charge in [0.15, 0.2) is 0 Å². The van der Waals surface area contributed by atoms with Gasteiger partial charge in [-0.1, -0.05) is 12.1 Å². The van der Waals surface area contributed by atoms with Crippen molar-refractivity contribution in [2.45, 2.75) is 20.4 Å². The maximum absolute atomic E-state index is 12.4. The molecule has 0 radical (unpaired) electrons. The van der Waals surface area contributed by atoms with Crippen molar-refractivity contribution in [3.05, 3.63) is 46.8 Å². The highest BCUT2D eigenvalue weighted by Crippen LogP contribution is 2.15. The summed E-state index contributed by atoms with van der Waals surface area (Å²) >= 11 is 0. The fourth-order valence-electron chi connectivity index (χ4n) is 2.46. The molecule has 130 valence electrons. The van der Waals surface area contributed by atoms with Gasteiger partial charge < -0.3 is 15.0 Å². The summed E-state index contributed by atoms with van der Waals surface area (Å²) in [6.07, 6.45) is 0. The van der Waals surface area contributed by atoms with Crippen LogP contribution in [0.5, 0.6) is 5.75 Å². The molecule has 0 bridgehead atoms. The first kappa shape index (κ1) is 18.0. The van der Waals surface area contributed by atoms with Gasteiger partial charge in [0.1, 0.15) is 12.4 Å². The molecule has 1 aromatic heterocycles. The van der Waals surface area contributed by atoms with Crippen LogP contribution in [0.4, 0.5) is 0 Å². The summed E-state index contributed by atoms with van der Waals surface area (Å²) in [4.78, 5) is 14.5. The molecule has 0 spiro atoms. The normalized spacial score (nSPS) is 10.9. The van der Waals surface area contributed by atoms with Crippen LogP contribution in [0.3, 0.4) is 0 Å². The molecule has 1 N–H and O–H groups in total. The number of carbonyl (C=O) groups is 1. The van der Waals surface area contributed by atoms with Crippen LogP contribution in [-0.2, 0) is 13.6 Å². The average molecular weight is 330 g/mol. The maximum Gasteiger partial charge on any atom is 0.255 e. The molecule has 0 aliphatic rings. The number of amides is 1. The number of rotatable bonds is 7. The number of nitrogens with zero attached hydrogens (tertiary/aromatic N) is 3. The summed E-state index contributed by atoms with van der Waals surface area (Å²) in [7, 11) is 5.86. The zero-order chi connectivity index (χ0) is 17.7. The Morgan fingerprint density at radius 2 is 2.08 bits per heavy atom. The Kier molecular flexibility index (Phi) is 5.98. The summed E-state index contributed by atoms with van der Waals surface area (Å²) < 4.78 is 7.45. The summed E-state index contributed by atoms with van der Waals surface area (Å²) in [5, 5.41) is 7.24. The van der Waals surface area contributed by atoms with E-state index >= 15 is 0 Å². The van der Waals surface area contributed by atoms with E-state index in [-0.39, 0.29) is 5.91 Å². The van der Waals surface area contributed by atoms with Crippen molar-refractivity contribution in [2.24, 2.45) is 7.05 Å². The van der Waals surface area contributed by atoms with Crippen LogP contribution in [0.1, 0.15) is 27.3 Å². The van der Waals surface area contributed by atoms with E-state index in [0.717, 1.165) is 29.2 Å². The van der Waals surface area contributed by atoms with Gasteiger partial charge in [0.05, 0.1) is 11.3 Å². The lowest BCUT2D eigenvalue weighted by Gasteiger charge is -2.12. The number of aryl methyl sites for hydroxylation is 2. The van der Waals surface area contributed by atoms with E-state index in [1.165, 1.54) is 0 Å². The molecule has 0 saturated carbocycles. The quantitative estimate of drug-likeness (QED) is 0.842. The summed E-state index contributed by atoms with van der Waals surface area (Å²) in [6.45, 7) is 5.70. The molecular weight excluding hydrogens is 304 g/mol. The zero-order valence-corrected chi connectivity index (χ0v) is 15.1. The number of aromatic nitrogens is 2. The van der Waals surface area contributed by atoms with Crippen LogP contribution < -0.4 is 10.1 Å². The van der Waals surface area contributed by atoms with Crippen molar-refractivity contribution in [2.75, 3.05) is 27.2 Å². The van der Waals surface area contributed by atoms with Gasteiger partial charge >= 0.3 is 0 Å². The van der Waals surface area contributed by atoms with Gasteiger partial charge in [0.25, 0.3) is 5.91 Å². The molecule has 1 aromatic carbocycles. The average Bonchev–Trinajstić information content (AvgIpc) is 2.78. The van der Waals surface area contributed by atoms with Crippen LogP contribution in [0.15, 0.2) is 24.3 Å². The van der Waals surface area contributed by atoms with Crippen LogP contribution in [0, 0.1) is 13.8 Å². The first-order valence-corrected chi connectivity index (χ1v) is 8.03. The molecule has 0 aliphatic carbocycles. The Morgan fingerprint density at radius 3 is 2.71 bits per heavy atom. The minimum atomic E-state index is -0.1000. The van der Waals surface area contributed by atoms with Crippen molar-refractivity contribution in [3.8, 4) is 5.75 Å². The van der Waals surface area contributed by atoms with E-state index in [2.05, 4.69) is 15.3 Å². The molecule has 6 nitrogen and oxygen atoms in total. The second kappa shape index (κ2) is 7.97. The fraction of sp³-hybridized carbons (Fsp3) is 0.444. The number of nitrogens with one attached hydrogen (secondary N) is 1. The Balaban J connectivity index is 1.95. The third kappa shape index (κ3) is 4.58. The number of likely N-dealkylation sites (N-methyl/N-ethyl adjacent to an activating group) is 1. The van der Waals surface area contributed by atoms with Gasteiger partial charge in [-0.3, -0.25) is 9.48 Å². The minimum Gasteiger partial charge on any atom is -0.492 e. The van der Waals surface area contributed by atoms with Gasteiger partial charge in [0.2, 0.25) is 0 Å². The van der Waals surface area contributed by atoms with Crippen molar-refractivity contribution in [1.29, 1.82) is 0 Å². The Bertz CT molecular complexity index is 707. The molecule has 1 amide bonds. The first-order valence-electron chi connectivity index (χ1n) is 8.03. The van der Waals surface area contributed by atoms with E-state index < -0.39 is 0 Å². The van der Waals surface area contributed by atoms with Gasteiger partial charge in [-0.2, -0.15) is 5.10 Å². The molecule has 0 unspecified atom stereocenters. The smallest absolute Gasteiger partial charge is 0.255 e. The van der Waals surface area contributed by atoms with Gasteiger partial charge in [-0.25, -0.2) is 0 Å². The summed E-state index contributed by atoms with van der Waals surface area (Å²) in [6, 6.07) is 7.80. The van der Waals surface area contributed by atoms with E-state index in [1.807, 2.05) is 59.3 Å². The highest BCUT2D eigenvalue weighted by molar-refractivity contribution is 5.96. The molecular formula is C18H26N4O2. The second-order valence-corrected chi connectivity index (χ2v) is 6.15. The van der Waals surface area contributed by atoms with Crippen molar-refractivity contribution in [1.82, 2.24) is 20.0 Å². The van der Waals surface area contributed by atoms with E-state index in [0.29, 0.717) is 18.7 Å². The predicted octanol–water partition coefficient (Wildman–Crippen LogP) is 1.91. The molecule has 0 atom stereocenters. The first-order chi connectivity index (χ1) is 11.4. The molecule has 0 fully saturated rings. The lowest BCUT2D eigenvalue weighted by atomic mass is 10.1. The highest BCUT2D eigenvalue weighted by Gasteiger charge is 2.16. The van der Waals surface area contributed by atoms with E-state index in [9.17, 15) is 4.79 Å². The topological polar surface area (TPSA) is 59.4 Å². The summed E-state index contributed by atoms with van der Waals surface area (Å²) in [5.41, 5.74) is 3.26. The van der Waals surface area contributed by atoms with E-state index in [4.69, 9.17) is 4.74 Å². The number of hydrogen-bond acceptors (Lipinski definition) is 4. The Morgan fingerprint density at radius 1 is 1.33 bits per heavy atom. The molecule has 6 heteroatoms. The molecule has 0 saturated heterocycles. The van der Waals surface area contributed by atoms with Crippen molar-refractivity contribution in [3.63, 3.8) is 0 Å². The molecule has 2 rings (SSSR count). The Hall–Kier alpha value is -2.34. The molecule has 0 aliphatic heterocycles. The van der Waals surface area contributed by atoms with Crippen LogP contribution in [0.25, 0.3) is 0 Å². The second-order valence-electron chi connectivity index (χ2n) is 6.15. The lowest BCUT2D eigenvalue weighted by Crippen LogP contribution is -2.24. The van der Waals surface area contributed by atoms with Crippen LogP contribution >= 0.6 is 0 Å². The Labute approximate surface area is 143 Å². The van der Waals surface area contributed by atoms with Crippen LogP contribution in [-0.4, -0.2) is 47.8 Å². The number of benzene rings is 1. The van der Waals surface area contributed by atoms with Crippen LogP contribution in [0.2, 0.25) is 0 Å². The number of ether oxygens (including phenoxy) is 1. The number of hydrogen-bond donors (Lipinski definition) is 1. The SMILES string of the molecule is Cc1nn(C)c(C)c1C(=O)NCc1cccc(OCCN(C)C)c1. The fourth-order valence-corrected chi connectivity index (χ4v) is 2.46. The third-order valence-electron chi connectivity index (χ3n) is 3.89. The third-order valence-corrected chi connectivity index (χ3v) is 3.89. The van der Waals surface area contributed by atoms with Crippen molar-refractivity contribution < 1.29 is 9.53 Å². The van der Waals surface area contributed by atoms with Crippen molar-refractivity contribution >= 4 is 5.91 Å². The molecule has 1 heterocycles. The largest absolute Gasteiger partial charge is 0.492 e. The zero-order valence-electron chi connectivity index (χ0n) is 15.1. The lowest BCUT2D eigenvalue weighted by molar-refractivity contribution is 0.0949. The van der Waals surface area contributed by atoms with E-state index in [1.54, 1.807) is 4.68 Å². The molecule has 2 aromatic rings.